The summed E-state index contributed by atoms with van der Waals surface area (Å²) >= 11 is 0. The molecule has 0 radical (unpaired) electrons. The lowest BCUT2D eigenvalue weighted by Crippen LogP contribution is -2.45. The molecule has 0 saturated carbocycles. The predicted octanol–water partition coefficient (Wildman–Crippen LogP) is 1.79. The van der Waals surface area contributed by atoms with Crippen LogP contribution in [0.3, 0.4) is 0 Å². The van der Waals surface area contributed by atoms with E-state index >= 15 is 0 Å². The number of ether oxygens (including phenoxy) is 1. The Morgan fingerprint density at radius 2 is 1.60 bits per heavy atom. The minimum atomic E-state index is -0.638. The van der Waals surface area contributed by atoms with Crippen LogP contribution in [-0.4, -0.2) is 83.8 Å². The molecule has 4 amide bonds. The fraction of sp³-hybridized carbons (Fsp3) is 0.545. The van der Waals surface area contributed by atoms with Gasteiger partial charge in [0, 0.05) is 44.4 Å². The van der Waals surface area contributed by atoms with Crippen LogP contribution in [0.1, 0.15) is 64.7 Å². The summed E-state index contributed by atoms with van der Waals surface area (Å²) in [7, 11) is 1.56. The molecular weight excluding hydrogens is 386 g/mol. The van der Waals surface area contributed by atoms with Crippen molar-refractivity contribution in [3.63, 3.8) is 0 Å². The minimum Gasteiger partial charge on any atom is -0.384 e. The fourth-order valence-electron chi connectivity index (χ4n) is 3.88. The van der Waals surface area contributed by atoms with E-state index in [1.165, 1.54) is 11.0 Å². The lowest BCUT2D eigenvalue weighted by Gasteiger charge is -2.29. The van der Waals surface area contributed by atoms with Crippen molar-refractivity contribution in [2.45, 2.75) is 39.2 Å². The van der Waals surface area contributed by atoms with Gasteiger partial charge in [-0.15, -0.1) is 0 Å². The van der Waals surface area contributed by atoms with Gasteiger partial charge in [-0.3, -0.25) is 24.1 Å². The molecule has 162 valence electrons. The lowest BCUT2D eigenvalue weighted by atomic mass is 10.0. The molecule has 2 aliphatic rings. The summed E-state index contributed by atoms with van der Waals surface area (Å²) < 4.78 is 4.97. The maximum absolute atomic E-state index is 13.1. The molecule has 0 bridgehead atoms. The predicted molar refractivity (Wildman–Crippen MR) is 110 cm³/mol. The molecule has 2 heterocycles. The van der Waals surface area contributed by atoms with Gasteiger partial charge in [0.05, 0.1) is 24.2 Å². The maximum Gasteiger partial charge on any atom is 0.262 e. The molecule has 8 heteroatoms. The molecule has 0 N–H and O–H groups in total. The third-order valence-corrected chi connectivity index (χ3v) is 5.46. The highest BCUT2D eigenvalue weighted by Gasteiger charge is 2.42. The average molecular weight is 415 g/mol. The van der Waals surface area contributed by atoms with Crippen molar-refractivity contribution >= 4 is 23.6 Å². The van der Waals surface area contributed by atoms with Crippen LogP contribution in [0, 0.1) is 0 Å². The van der Waals surface area contributed by atoms with Crippen molar-refractivity contribution in [3.8, 4) is 0 Å². The quantitative estimate of drug-likeness (QED) is 0.700. The monoisotopic (exact) mass is 415 g/mol. The van der Waals surface area contributed by atoms with Crippen LogP contribution in [-0.2, 0) is 9.53 Å². The molecule has 0 atom stereocenters. The van der Waals surface area contributed by atoms with E-state index in [2.05, 4.69) is 0 Å². The second-order valence-electron chi connectivity index (χ2n) is 8.65. The largest absolute Gasteiger partial charge is 0.384 e. The van der Waals surface area contributed by atoms with Crippen LogP contribution in [0.15, 0.2) is 18.2 Å². The summed E-state index contributed by atoms with van der Waals surface area (Å²) in [5.41, 5.74) is 0.343. The second-order valence-corrected chi connectivity index (χ2v) is 8.65. The van der Waals surface area contributed by atoms with Gasteiger partial charge in [-0.25, -0.2) is 0 Å². The zero-order valence-electron chi connectivity index (χ0n) is 18.1. The topological polar surface area (TPSA) is 87.2 Å². The van der Waals surface area contributed by atoms with Crippen molar-refractivity contribution in [3.05, 3.63) is 34.9 Å². The van der Waals surface area contributed by atoms with E-state index < -0.39 is 5.54 Å². The Morgan fingerprint density at radius 3 is 2.27 bits per heavy atom. The van der Waals surface area contributed by atoms with Gasteiger partial charge in [-0.2, -0.15) is 0 Å². The third kappa shape index (κ3) is 4.23. The summed E-state index contributed by atoms with van der Waals surface area (Å²) in [6.45, 7) is 7.82. The first kappa shape index (κ1) is 22.0. The molecule has 2 aliphatic heterocycles. The molecule has 3 rings (SSSR count). The highest BCUT2D eigenvalue weighted by atomic mass is 16.5. The fourth-order valence-corrected chi connectivity index (χ4v) is 3.88. The smallest absolute Gasteiger partial charge is 0.262 e. The van der Waals surface area contributed by atoms with Gasteiger partial charge in [0.25, 0.3) is 17.7 Å². The molecule has 1 saturated heterocycles. The molecular formula is C22H29N3O5. The van der Waals surface area contributed by atoms with E-state index in [0.29, 0.717) is 56.8 Å². The van der Waals surface area contributed by atoms with Crippen LogP contribution >= 0.6 is 0 Å². The van der Waals surface area contributed by atoms with E-state index in [-0.39, 0.29) is 29.2 Å². The number of carbonyl (C=O) groups excluding carboxylic acids is 4. The Balaban J connectivity index is 1.73. The number of imide groups is 1. The van der Waals surface area contributed by atoms with Crippen LogP contribution in [0.4, 0.5) is 0 Å². The van der Waals surface area contributed by atoms with Gasteiger partial charge in [-0.05, 0) is 45.4 Å². The molecule has 0 unspecified atom stereocenters. The molecule has 8 nitrogen and oxygen atoms in total. The Morgan fingerprint density at radius 1 is 0.967 bits per heavy atom. The number of methoxy groups -OCH3 is 1. The van der Waals surface area contributed by atoms with E-state index in [9.17, 15) is 19.2 Å². The van der Waals surface area contributed by atoms with Crippen molar-refractivity contribution in [1.82, 2.24) is 14.7 Å². The van der Waals surface area contributed by atoms with Crippen LogP contribution < -0.4 is 0 Å². The SMILES string of the molecule is COCCC(=O)N1CCCN(C(=O)c2ccc3c(c2)C(=O)N(C(C)(C)C)C3=O)CC1. The first-order valence-corrected chi connectivity index (χ1v) is 10.2. The van der Waals surface area contributed by atoms with Crippen LogP contribution in [0.25, 0.3) is 0 Å². The van der Waals surface area contributed by atoms with Crippen molar-refractivity contribution < 1.29 is 23.9 Å². The number of nitrogens with zero attached hydrogens (tertiary/aromatic N) is 3. The highest BCUT2D eigenvalue weighted by molar-refractivity contribution is 6.22. The van der Waals surface area contributed by atoms with Crippen molar-refractivity contribution in [2.24, 2.45) is 0 Å². The summed E-state index contributed by atoms with van der Waals surface area (Å²) in [6.07, 6.45) is 1.01. The van der Waals surface area contributed by atoms with Gasteiger partial charge in [0.1, 0.15) is 0 Å². The van der Waals surface area contributed by atoms with Crippen molar-refractivity contribution in [1.29, 1.82) is 0 Å². The molecule has 1 aromatic rings. The Bertz CT molecular complexity index is 874. The molecule has 1 fully saturated rings. The Kier molecular flexibility index (Phi) is 6.26. The van der Waals surface area contributed by atoms with Gasteiger partial charge >= 0.3 is 0 Å². The number of benzene rings is 1. The van der Waals surface area contributed by atoms with Crippen molar-refractivity contribution in [2.75, 3.05) is 39.9 Å². The van der Waals surface area contributed by atoms with Gasteiger partial charge in [0.15, 0.2) is 0 Å². The Hall–Kier alpha value is -2.74. The summed E-state index contributed by atoms with van der Waals surface area (Å²) in [6, 6.07) is 4.69. The first-order valence-electron chi connectivity index (χ1n) is 10.2. The number of carbonyl (C=O) groups is 4. The molecule has 0 aliphatic carbocycles. The first-order chi connectivity index (χ1) is 14.1. The summed E-state index contributed by atoms with van der Waals surface area (Å²) in [5, 5.41) is 0. The van der Waals surface area contributed by atoms with Gasteiger partial charge in [-0.1, -0.05) is 0 Å². The molecule has 1 aromatic carbocycles. The number of rotatable bonds is 4. The standard InChI is InChI=1S/C22H29N3O5/c1-22(2,3)25-20(28)16-7-6-15(14-17(16)21(25)29)19(27)24-10-5-9-23(11-12-24)18(26)8-13-30-4/h6-7,14H,5,8-13H2,1-4H3. The zero-order chi connectivity index (χ0) is 22.1. The van der Waals surface area contributed by atoms with E-state index in [1.54, 1.807) is 49.8 Å². The minimum absolute atomic E-state index is 0.0232. The van der Waals surface area contributed by atoms with Gasteiger partial charge < -0.3 is 14.5 Å². The third-order valence-electron chi connectivity index (χ3n) is 5.46. The summed E-state index contributed by atoms with van der Waals surface area (Å²) in [4.78, 5) is 55.4. The number of amides is 4. The number of fused-ring (bicyclic) bond motifs is 1. The number of hydrogen-bond donors (Lipinski definition) is 0. The zero-order valence-corrected chi connectivity index (χ0v) is 18.1. The van der Waals surface area contributed by atoms with Crippen LogP contribution in [0.5, 0.6) is 0 Å². The molecule has 0 aromatic heterocycles. The van der Waals surface area contributed by atoms with E-state index in [0.717, 1.165) is 0 Å². The maximum atomic E-state index is 13.1. The molecule has 30 heavy (non-hydrogen) atoms. The highest BCUT2D eigenvalue weighted by Crippen LogP contribution is 2.30. The lowest BCUT2D eigenvalue weighted by molar-refractivity contribution is -0.132. The number of hydrogen-bond acceptors (Lipinski definition) is 5. The van der Waals surface area contributed by atoms with Gasteiger partial charge in [0.2, 0.25) is 5.91 Å². The molecule has 0 spiro atoms. The van der Waals surface area contributed by atoms with Crippen LogP contribution in [0.2, 0.25) is 0 Å². The van der Waals surface area contributed by atoms with E-state index in [4.69, 9.17) is 4.74 Å². The summed E-state index contributed by atoms with van der Waals surface area (Å²) in [5.74, 6) is -0.877. The average Bonchev–Trinajstić information content (AvgIpc) is 2.86. The normalized spacial score (nSPS) is 17.3. The second kappa shape index (κ2) is 8.55. The Labute approximate surface area is 176 Å². The van der Waals surface area contributed by atoms with E-state index in [1.807, 2.05) is 0 Å².